The maximum Gasteiger partial charge on any atom is 0.346 e. The van der Waals surface area contributed by atoms with E-state index in [1.54, 1.807) is 18.5 Å². The van der Waals surface area contributed by atoms with Crippen LogP contribution in [0.5, 0.6) is 0 Å². The zero-order chi connectivity index (χ0) is 18.1. The Morgan fingerprint density at radius 2 is 1.96 bits per heavy atom. The molecule has 0 aliphatic heterocycles. The molecule has 1 aromatic carbocycles. The fourth-order valence-corrected chi connectivity index (χ4v) is 3.74. The number of rotatable bonds is 4. The standard InChI is InChI=1S/C19H14N4O2S/c1-11-13-10-12(5-6-16(13)26-17(11)18(24)25)22-19-21-9-7-15(23-19)14-4-2-3-8-20-14/h2-10H,1H3,(H,24,25)(H,21,22,23). The van der Waals surface area contributed by atoms with Crippen LogP contribution in [0.15, 0.2) is 54.9 Å². The van der Waals surface area contributed by atoms with Crippen molar-refractivity contribution in [2.45, 2.75) is 6.92 Å². The maximum absolute atomic E-state index is 11.3. The Bertz CT molecular complexity index is 1110. The van der Waals surface area contributed by atoms with E-state index in [0.29, 0.717) is 10.8 Å². The fraction of sp³-hybridized carbons (Fsp3) is 0.0526. The van der Waals surface area contributed by atoms with Gasteiger partial charge in [-0.15, -0.1) is 11.3 Å². The molecule has 0 fully saturated rings. The molecule has 0 aliphatic carbocycles. The third kappa shape index (κ3) is 3.00. The Kier molecular flexibility index (Phi) is 4.06. The summed E-state index contributed by atoms with van der Waals surface area (Å²) in [4.78, 5) is 24.7. The van der Waals surface area contributed by atoms with Gasteiger partial charge < -0.3 is 10.4 Å². The molecule has 3 heterocycles. The summed E-state index contributed by atoms with van der Waals surface area (Å²) in [6, 6.07) is 13.2. The van der Waals surface area contributed by atoms with Gasteiger partial charge in [-0.05, 0) is 54.3 Å². The number of carboxylic acids is 1. The molecule has 0 radical (unpaired) electrons. The molecule has 0 amide bonds. The van der Waals surface area contributed by atoms with E-state index in [1.807, 2.05) is 43.3 Å². The van der Waals surface area contributed by atoms with Crippen LogP contribution in [-0.2, 0) is 0 Å². The molecule has 128 valence electrons. The molecule has 4 rings (SSSR count). The summed E-state index contributed by atoms with van der Waals surface area (Å²) in [6.07, 6.45) is 3.40. The van der Waals surface area contributed by atoms with E-state index in [2.05, 4.69) is 20.3 Å². The number of nitrogens with zero attached hydrogens (tertiary/aromatic N) is 3. The fourth-order valence-electron chi connectivity index (χ4n) is 2.71. The molecule has 0 saturated heterocycles. The number of nitrogens with one attached hydrogen (secondary N) is 1. The first-order valence-corrected chi connectivity index (χ1v) is 8.71. The second-order valence-electron chi connectivity index (χ2n) is 5.68. The number of hydrogen-bond acceptors (Lipinski definition) is 6. The van der Waals surface area contributed by atoms with Crippen LogP contribution < -0.4 is 5.32 Å². The van der Waals surface area contributed by atoms with Gasteiger partial charge in [0.25, 0.3) is 0 Å². The zero-order valence-electron chi connectivity index (χ0n) is 13.8. The lowest BCUT2D eigenvalue weighted by Crippen LogP contribution is -1.98. The second-order valence-corrected chi connectivity index (χ2v) is 6.73. The van der Waals surface area contributed by atoms with Crippen molar-refractivity contribution in [3.63, 3.8) is 0 Å². The van der Waals surface area contributed by atoms with Crippen molar-refractivity contribution in [1.82, 2.24) is 15.0 Å². The summed E-state index contributed by atoms with van der Waals surface area (Å²) in [5.41, 5.74) is 3.06. The van der Waals surface area contributed by atoms with Gasteiger partial charge in [-0.25, -0.2) is 14.8 Å². The first-order chi connectivity index (χ1) is 12.6. The topological polar surface area (TPSA) is 88.0 Å². The molecule has 3 aromatic heterocycles. The summed E-state index contributed by atoms with van der Waals surface area (Å²) >= 11 is 1.28. The first-order valence-electron chi connectivity index (χ1n) is 7.90. The van der Waals surface area contributed by atoms with E-state index in [-0.39, 0.29) is 0 Å². The number of pyridine rings is 1. The number of thiophene rings is 1. The van der Waals surface area contributed by atoms with E-state index in [9.17, 15) is 9.90 Å². The highest BCUT2D eigenvalue weighted by Gasteiger charge is 2.14. The van der Waals surface area contributed by atoms with Crippen molar-refractivity contribution < 1.29 is 9.90 Å². The highest BCUT2D eigenvalue weighted by molar-refractivity contribution is 7.21. The summed E-state index contributed by atoms with van der Waals surface area (Å²) in [5, 5.41) is 13.4. The van der Waals surface area contributed by atoms with Crippen LogP contribution in [0.25, 0.3) is 21.5 Å². The quantitative estimate of drug-likeness (QED) is 0.555. The van der Waals surface area contributed by atoms with Crippen molar-refractivity contribution in [2.24, 2.45) is 0 Å². The Balaban J connectivity index is 1.67. The van der Waals surface area contributed by atoms with Crippen molar-refractivity contribution in [3.8, 4) is 11.4 Å². The summed E-state index contributed by atoms with van der Waals surface area (Å²) in [6.45, 7) is 1.82. The van der Waals surface area contributed by atoms with Gasteiger partial charge in [0, 0.05) is 22.8 Å². The Morgan fingerprint density at radius 1 is 1.08 bits per heavy atom. The first kappa shape index (κ1) is 16.2. The van der Waals surface area contributed by atoms with Crippen molar-refractivity contribution >= 4 is 39.0 Å². The molecule has 6 nitrogen and oxygen atoms in total. The van der Waals surface area contributed by atoms with E-state index >= 15 is 0 Å². The molecule has 26 heavy (non-hydrogen) atoms. The lowest BCUT2D eigenvalue weighted by molar-refractivity contribution is 0.0701. The molecule has 0 saturated carbocycles. The number of aryl methyl sites for hydroxylation is 1. The Morgan fingerprint density at radius 3 is 2.73 bits per heavy atom. The molecule has 0 unspecified atom stereocenters. The summed E-state index contributed by atoms with van der Waals surface area (Å²) < 4.78 is 0.939. The van der Waals surface area contributed by atoms with Gasteiger partial charge in [0.1, 0.15) is 4.88 Å². The minimum atomic E-state index is -0.899. The molecule has 2 N–H and O–H groups in total. The van der Waals surface area contributed by atoms with Crippen LogP contribution in [0, 0.1) is 6.92 Å². The number of aromatic nitrogens is 3. The van der Waals surface area contributed by atoms with E-state index in [4.69, 9.17) is 0 Å². The summed E-state index contributed by atoms with van der Waals surface area (Å²) in [5.74, 6) is -0.441. The Hall–Kier alpha value is -3.32. The minimum Gasteiger partial charge on any atom is -0.477 e. The number of anilines is 2. The average molecular weight is 362 g/mol. The van der Waals surface area contributed by atoms with Crippen LogP contribution in [0.3, 0.4) is 0 Å². The SMILES string of the molecule is Cc1c(C(=O)O)sc2ccc(Nc3nccc(-c4ccccn4)n3)cc12. The lowest BCUT2D eigenvalue weighted by atomic mass is 10.1. The number of benzene rings is 1. The zero-order valence-corrected chi connectivity index (χ0v) is 14.6. The van der Waals surface area contributed by atoms with Crippen LogP contribution in [0.1, 0.15) is 15.2 Å². The van der Waals surface area contributed by atoms with Gasteiger partial charge in [0.2, 0.25) is 5.95 Å². The van der Waals surface area contributed by atoms with Gasteiger partial charge in [0.15, 0.2) is 0 Å². The largest absolute Gasteiger partial charge is 0.477 e. The van der Waals surface area contributed by atoms with Crippen molar-refractivity contribution in [2.75, 3.05) is 5.32 Å². The van der Waals surface area contributed by atoms with E-state index in [0.717, 1.165) is 32.7 Å². The van der Waals surface area contributed by atoms with Crippen LogP contribution in [0.2, 0.25) is 0 Å². The van der Waals surface area contributed by atoms with E-state index < -0.39 is 5.97 Å². The smallest absolute Gasteiger partial charge is 0.346 e. The third-order valence-electron chi connectivity index (χ3n) is 3.97. The number of carbonyl (C=O) groups is 1. The van der Waals surface area contributed by atoms with Gasteiger partial charge >= 0.3 is 5.97 Å². The minimum absolute atomic E-state index is 0.366. The number of fused-ring (bicyclic) bond motifs is 1. The number of carboxylic acid groups (broad SMARTS) is 1. The monoisotopic (exact) mass is 362 g/mol. The number of aromatic carboxylic acids is 1. The predicted octanol–water partition coefficient (Wildman–Crippen LogP) is 4.50. The lowest BCUT2D eigenvalue weighted by Gasteiger charge is -2.07. The molecule has 0 bridgehead atoms. The molecule has 4 aromatic rings. The number of hydrogen-bond donors (Lipinski definition) is 2. The highest BCUT2D eigenvalue weighted by Crippen LogP contribution is 2.33. The molecular formula is C19H14N4O2S. The maximum atomic E-state index is 11.3. The molecule has 0 atom stereocenters. The van der Waals surface area contributed by atoms with Crippen molar-refractivity contribution in [1.29, 1.82) is 0 Å². The third-order valence-corrected chi connectivity index (χ3v) is 5.23. The van der Waals surface area contributed by atoms with Crippen molar-refractivity contribution in [3.05, 3.63) is 65.3 Å². The molecule has 0 aliphatic rings. The predicted molar refractivity (Wildman–Crippen MR) is 102 cm³/mol. The van der Waals surface area contributed by atoms with Crippen LogP contribution >= 0.6 is 11.3 Å². The average Bonchev–Trinajstić information content (AvgIpc) is 2.99. The molecule has 0 spiro atoms. The Labute approximate surface area is 153 Å². The molecule has 7 heteroatoms. The van der Waals surface area contributed by atoms with Crippen LogP contribution in [-0.4, -0.2) is 26.0 Å². The normalized spacial score (nSPS) is 10.8. The summed E-state index contributed by atoms with van der Waals surface area (Å²) in [7, 11) is 0. The van der Waals surface area contributed by atoms with Crippen LogP contribution in [0.4, 0.5) is 11.6 Å². The second kappa shape index (κ2) is 6.53. The van der Waals surface area contributed by atoms with Gasteiger partial charge in [-0.3, -0.25) is 4.98 Å². The van der Waals surface area contributed by atoms with Gasteiger partial charge in [-0.1, -0.05) is 6.07 Å². The van der Waals surface area contributed by atoms with E-state index in [1.165, 1.54) is 11.3 Å². The van der Waals surface area contributed by atoms with Gasteiger partial charge in [0.05, 0.1) is 11.4 Å². The highest BCUT2D eigenvalue weighted by atomic mass is 32.1. The molecular weight excluding hydrogens is 348 g/mol. The van der Waals surface area contributed by atoms with Gasteiger partial charge in [-0.2, -0.15) is 0 Å².